The minimum Gasteiger partial charge on any atom is -0.497 e. The smallest absolute Gasteiger partial charge is 0.253 e. The van der Waals surface area contributed by atoms with Crippen LogP contribution < -0.4 is 9.64 Å². The van der Waals surface area contributed by atoms with Crippen LogP contribution in [-0.2, 0) is 0 Å². The third-order valence-electron chi connectivity index (χ3n) is 5.42. The molecule has 1 aromatic heterocycles. The van der Waals surface area contributed by atoms with Gasteiger partial charge in [-0.1, -0.05) is 29.8 Å². The van der Waals surface area contributed by atoms with Gasteiger partial charge in [0.05, 0.1) is 7.11 Å². The molecule has 2 aromatic carbocycles. The molecule has 1 aliphatic heterocycles. The monoisotopic (exact) mass is 428 g/mol. The standard InChI is InChI=1S/C25H24N4O3/c1-18-3-5-19(6-4-18)7-12-23-27-22(17-26)25(32-23)29-15-13-28(14-16-29)24(30)20-8-10-21(31-2)11-9-20/h3-12H,13-16H2,1-2H3. The molecule has 32 heavy (non-hydrogen) atoms. The number of anilines is 1. The van der Waals surface area contributed by atoms with Gasteiger partial charge in [0.1, 0.15) is 11.8 Å². The van der Waals surface area contributed by atoms with Crippen molar-refractivity contribution in [2.24, 2.45) is 0 Å². The number of oxazole rings is 1. The molecule has 4 rings (SSSR count). The van der Waals surface area contributed by atoms with Gasteiger partial charge in [0.15, 0.2) is 0 Å². The number of hydrogen-bond donors (Lipinski definition) is 0. The zero-order chi connectivity index (χ0) is 22.5. The highest BCUT2D eigenvalue weighted by Crippen LogP contribution is 2.25. The Labute approximate surface area is 187 Å². The second kappa shape index (κ2) is 9.40. The van der Waals surface area contributed by atoms with Crippen molar-refractivity contribution >= 4 is 23.9 Å². The zero-order valence-corrected chi connectivity index (χ0v) is 18.1. The Morgan fingerprint density at radius 1 is 1.06 bits per heavy atom. The Kier molecular flexibility index (Phi) is 6.22. The number of rotatable bonds is 5. The van der Waals surface area contributed by atoms with E-state index in [1.165, 1.54) is 5.56 Å². The Hall–Kier alpha value is -4.05. The lowest BCUT2D eigenvalue weighted by molar-refractivity contribution is 0.0745. The summed E-state index contributed by atoms with van der Waals surface area (Å²) in [6.07, 6.45) is 3.67. The van der Waals surface area contributed by atoms with Crippen LogP contribution in [0.2, 0.25) is 0 Å². The SMILES string of the molecule is COc1ccc(C(=O)N2CCN(c3oc(C=Cc4ccc(C)cc4)nc3C#N)CC2)cc1. The van der Waals surface area contributed by atoms with Crippen molar-refractivity contribution in [2.45, 2.75) is 6.92 Å². The second-order valence-electron chi connectivity index (χ2n) is 7.57. The van der Waals surface area contributed by atoms with Crippen molar-refractivity contribution in [3.63, 3.8) is 0 Å². The molecule has 7 nitrogen and oxygen atoms in total. The molecule has 1 fully saturated rings. The molecule has 0 radical (unpaired) electrons. The molecule has 0 saturated carbocycles. The Morgan fingerprint density at radius 3 is 2.38 bits per heavy atom. The van der Waals surface area contributed by atoms with E-state index in [2.05, 4.69) is 11.1 Å². The van der Waals surface area contributed by atoms with Crippen molar-refractivity contribution in [1.82, 2.24) is 9.88 Å². The number of aromatic nitrogens is 1. The van der Waals surface area contributed by atoms with Gasteiger partial charge in [-0.15, -0.1) is 0 Å². The molecule has 0 aliphatic carbocycles. The van der Waals surface area contributed by atoms with Crippen LogP contribution in [0.3, 0.4) is 0 Å². The molecule has 3 aromatic rings. The van der Waals surface area contributed by atoms with Crippen molar-refractivity contribution in [3.05, 3.63) is 76.8 Å². The predicted molar refractivity (Wildman–Crippen MR) is 122 cm³/mol. The Bertz CT molecular complexity index is 1150. The lowest BCUT2D eigenvalue weighted by atomic mass is 10.1. The minimum atomic E-state index is -0.0212. The fourth-order valence-electron chi connectivity index (χ4n) is 3.56. The van der Waals surface area contributed by atoms with Gasteiger partial charge >= 0.3 is 0 Å². The van der Waals surface area contributed by atoms with Crippen LogP contribution in [0.5, 0.6) is 5.75 Å². The lowest BCUT2D eigenvalue weighted by Gasteiger charge is -2.34. The number of carbonyl (C=O) groups excluding carboxylic acids is 1. The molecular weight excluding hydrogens is 404 g/mol. The summed E-state index contributed by atoms with van der Waals surface area (Å²) >= 11 is 0. The first-order valence-corrected chi connectivity index (χ1v) is 10.4. The average molecular weight is 428 g/mol. The quantitative estimate of drug-likeness (QED) is 0.611. The molecule has 1 saturated heterocycles. The number of carbonyl (C=O) groups is 1. The summed E-state index contributed by atoms with van der Waals surface area (Å²) < 4.78 is 11.0. The largest absolute Gasteiger partial charge is 0.497 e. The highest BCUT2D eigenvalue weighted by atomic mass is 16.5. The van der Waals surface area contributed by atoms with Crippen LogP contribution in [0.4, 0.5) is 5.88 Å². The van der Waals surface area contributed by atoms with Gasteiger partial charge in [-0.05, 0) is 42.8 Å². The molecule has 162 valence electrons. The van der Waals surface area contributed by atoms with E-state index in [0.717, 1.165) is 5.56 Å². The third-order valence-corrected chi connectivity index (χ3v) is 5.42. The van der Waals surface area contributed by atoms with E-state index in [0.29, 0.717) is 49.3 Å². The molecule has 7 heteroatoms. The van der Waals surface area contributed by atoms with Crippen LogP contribution in [0.1, 0.15) is 33.1 Å². The molecule has 1 aliphatic rings. The third kappa shape index (κ3) is 4.65. The van der Waals surface area contributed by atoms with Gasteiger partial charge in [0.25, 0.3) is 5.91 Å². The van der Waals surface area contributed by atoms with Gasteiger partial charge in [-0.3, -0.25) is 4.79 Å². The summed E-state index contributed by atoms with van der Waals surface area (Å²) in [5.41, 5.74) is 3.10. The summed E-state index contributed by atoms with van der Waals surface area (Å²) in [6.45, 7) is 4.23. The highest BCUT2D eigenvalue weighted by molar-refractivity contribution is 5.94. The lowest BCUT2D eigenvalue weighted by Crippen LogP contribution is -2.48. The number of methoxy groups -OCH3 is 1. The maximum atomic E-state index is 12.8. The number of aryl methyl sites for hydroxylation is 1. The second-order valence-corrected chi connectivity index (χ2v) is 7.57. The number of hydrogen-bond acceptors (Lipinski definition) is 6. The fraction of sp³-hybridized carbons (Fsp3) is 0.240. The average Bonchev–Trinajstić information content (AvgIpc) is 3.27. The van der Waals surface area contributed by atoms with Crippen molar-refractivity contribution in [1.29, 1.82) is 5.26 Å². The van der Waals surface area contributed by atoms with E-state index in [-0.39, 0.29) is 11.6 Å². The van der Waals surface area contributed by atoms with Crippen molar-refractivity contribution < 1.29 is 13.9 Å². The fourth-order valence-corrected chi connectivity index (χ4v) is 3.56. The highest BCUT2D eigenvalue weighted by Gasteiger charge is 2.26. The summed E-state index contributed by atoms with van der Waals surface area (Å²) in [5, 5.41) is 9.51. The molecule has 2 heterocycles. The van der Waals surface area contributed by atoms with Gasteiger partial charge < -0.3 is 19.0 Å². The molecule has 1 amide bonds. The van der Waals surface area contributed by atoms with Gasteiger partial charge in [0, 0.05) is 37.8 Å². The minimum absolute atomic E-state index is 0.0212. The number of nitriles is 1. The van der Waals surface area contributed by atoms with Crippen LogP contribution in [-0.4, -0.2) is 49.1 Å². The molecule has 0 unspecified atom stereocenters. The van der Waals surface area contributed by atoms with Crippen molar-refractivity contribution in [2.75, 3.05) is 38.2 Å². The number of piperazine rings is 1. The molecule has 0 spiro atoms. The van der Waals surface area contributed by atoms with Crippen LogP contribution in [0.15, 0.2) is 52.9 Å². The van der Waals surface area contributed by atoms with E-state index in [9.17, 15) is 10.1 Å². The van der Waals surface area contributed by atoms with Crippen LogP contribution in [0, 0.1) is 18.3 Å². The molecule has 0 bridgehead atoms. The number of nitrogens with zero attached hydrogens (tertiary/aromatic N) is 4. The first kappa shape index (κ1) is 21.2. The number of amides is 1. The zero-order valence-electron chi connectivity index (χ0n) is 18.1. The van der Waals surface area contributed by atoms with Crippen LogP contribution >= 0.6 is 0 Å². The van der Waals surface area contributed by atoms with E-state index in [1.54, 1.807) is 42.4 Å². The van der Waals surface area contributed by atoms with Gasteiger partial charge in [-0.2, -0.15) is 10.2 Å². The van der Waals surface area contributed by atoms with E-state index in [1.807, 2.05) is 42.2 Å². The van der Waals surface area contributed by atoms with Crippen LogP contribution in [0.25, 0.3) is 12.2 Å². The normalized spacial score (nSPS) is 13.9. The molecule has 0 atom stereocenters. The molecule has 0 N–H and O–H groups in total. The van der Waals surface area contributed by atoms with Gasteiger partial charge in [-0.25, -0.2) is 0 Å². The Morgan fingerprint density at radius 2 is 1.75 bits per heavy atom. The Balaban J connectivity index is 1.42. The number of benzene rings is 2. The van der Waals surface area contributed by atoms with Gasteiger partial charge in [0.2, 0.25) is 17.5 Å². The first-order valence-electron chi connectivity index (χ1n) is 10.4. The maximum absolute atomic E-state index is 12.8. The van der Waals surface area contributed by atoms with E-state index < -0.39 is 0 Å². The topological polar surface area (TPSA) is 82.6 Å². The first-order chi connectivity index (χ1) is 15.6. The summed E-state index contributed by atoms with van der Waals surface area (Å²) in [6, 6.07) is 17.3. The van der Waals surface area contributed by atoms with E-state index >= 15 is 0 Å². The number of ether oxygens (including phenoxy) is 1. The predicted octanol–water partition coefficient (Wildman–Crippen LogP) is 4.00. The van der Waals surface area contributed by atoms with Crippen molar-refractivity contribution in [3.8, 4) is 11.8 Å². The maximum Gasteiger partial charge on any atom is 0.253 e. The summed E-state index contributed by atoms with van der Waals surface area (Å²) in [7, 11) is 1.60. The summed E-state index contributed by atoms with van der Waals surface area (Å²) in [5.74, 6) is 1.53. The molecular formula is C25H24N4O3. The van der Waals surface area contributed by atoms with E-state index in [4.69, 9.17) is 9.15 Å². The summed E-state index contributed by atoms with van der Waals surface area (Å²) in [4.78, 5) is 20.9.